The molecular weight excluding hydrogens is 272 g/mol. The van der Waals surface area contributed by atoms with E-state index in [4.69, 9.17) is 4.74 Å². The zero-order valence-electron chi connectivity index (χ0n) is 12.7. The Labute approximate surface area is 125 Å². The number of pyridine rings is 1. The van der Waals surface area contributed by atoms with Crippen LogP contribution in [-0.2, 0) is 6.42 Å². The van der Waals surface area contributed by atoms with Crippen molar-refractivity contribution < 1.29 is 9.84 Å². The summed E-state index contributed by atoms with van der Waals surface area (Å²) in [6.07, 6.45) is 2.03. The fourth-order valence-electron chi connectivity index (χ4n) is 2.72. The van der Waals surface area contributed by atoms with Gasteiger partial charge < -0.3 is 9.84 Å². The fourth-order valence-corrected chi connectivity index (χ4v) is 4.02. The summed E-state index contributed by atoms with van der Waals surface area (Å²) < 4.78 is 5.43. The third kappa shape index (κ3) is 3.27. The molecule has 1 saturated heterocycles. The molecule has 2 rings (SSSR count). The Balaban J connectivity index is 2.13. The zero-order chi connectivity index (χ0) is 14.7. The highest BCUT2D eigenvalue weighted by Gasteiger charge is 2.27. The molecule has 2 heterocycles. The third-order valence-electron chi connectivity index (χ3n) is 4.04. The number of hydrogen-bond donors (Lipinski definition) is 1. The molecule has 0 bridgehead atoms. The van der Waals surface area contributed by atoms with Gasteiger partial charge in [0.2, 0.25) is 0 Å². The summed E-state index contributed by atoms with van der Waals surface area (Å²) in [6.45, 7) is 5.04. The summed E-state index contributed by atoms with van der Waals surface area (Å²) in [5.74, 6) is 3.02. The van der Waals surface area contributed by atoms with Crippen LogP contribution in [0.4, 0.5) is 0 Å². The number of aliphatic hydroxyl groups excluding tert-OH is 1. The molecule has 0 saturated carbocycles. The van der Waals surface area contributed by atoms with Crippen molar-refractivity contribution in [2.75, 3.05) is 32.2 Å². The number of aryl methyl sites for hydroxylation is 1. The maximum atomic E-state index is 10.5. The van der Waals surface area contributed by atoms with E-state index in [1.807, 2.05) is 31.8 Å². The quantitative estimate of drug-likeness (QED) is 0.915. The molecule has 1 aliphatic rings. The van der Waals surface area contributed by atoms with Crippen LogP contribution in [0.3, 0.4) is 0 Å². The Morgan fingerprint density at radius 1 is 1.55 bits per heavy atom. The van der Waals surface area contributed by atoms with E-state index >= 15 is 0 Å². The minimum Gasteiger partial charge on any atom is -0.496 e. The molecule has 1 N–H and O–H groups in total. The molecule has 0 radical (unpaired) electrons. The molecule has 1 aromatic heterocycles. The second-order valence-corrected chi connectivity index (χ2v) is 6.59. The fraction of sp³-hybridized carbons (Fsp3) is 0.667. The van der Waals surface area contributed by atoms with Gasteiger partial charge in [0.1, 0.15) is 5.75 Å². The number of nitrogens with zero attached hydrogens (tertiary/aromatic N) is 2. The minimum absolute atomic E-state index is 0.210. The van der Waals surface area contributed by atoms with E-state index in [9.17, 15) is 5.11 Å². The van der Waals surface area contributed by atoms with Crippen molar-refractivity contribution in [3.05, 3.63) is 23.0 Å². The Bertz CT molecular complexity index is 467. The van der Waals surface area contributed by atoms with Crippen LogP contribution >= 0.6 is 11.8 Å². The second-order valence-electron chi connectivity index (χ2n) is 5.44. The lowest BCUT2D eigenvalue weighted by Crippen LogP contribution is -2.47. The van der Waals surface area contributed by atoms with E-state index in [1.54, 1.807) is 7.11 Å². The molecule has 112 valence electrons. The molecule has 2 atom stereocenters. The number of ether oxygens (including phenoxy) is 1. The lowest BCUT2D eigenvalue weighted by molar-refractivity contribution is 0.0754. The van der Waals surface area contributed by atoms with Crippen LogP contribution in [0, 0.1) is 13.8 Å². The summed E-state index contributed by atoms with van der Waals surface area (Å²) in [6, 6.07) is 0.210. The minimum atomic E-state index is -0.383. The standard InChI is InChI=1S/C15H24N2O2S/c1-10-8-16-12(11(2)15(10)19-4)7-14(18)13-9-20-6-5-17(13)3/h8,13-14,18H,5-7,9H2,1-4H3. The molecule has 0 aromatic carbocycles. The van der Waals surface area contributed by atoms with Crippen molar-refractivity contribution in [3.63, 3.8) is 0 Å². The maximum Gasteiger partial charge on any atom is 0.128 e. The number of methoxy groups -OCH3 is 1. The van der Waals surface area contributed by atoms with Gasteiger partial charge >= 0.3 is 0 Å². The lowest BCUT2D eigenvalue weighted by atomic mass is 10.0. The molecule has 0 aliphatic carbocycles. The maximum absolute atomic E-state index is 10.5. The van der Waals surface area contributed by atoms with Crippen molar-refractivity contribution in [2.45, 2.75) is 32.4 Å². The van der Waals surface area contributed by atoms with Gasteiger partial charge in [-0.2, -0.15) is 11.8 Å². The van der Waals surface area contributed by atoms with Gasteiger partial charge in [0, 0.05) is 53.5 Å². The van der Waals surface area contributed by atoms with Gasteiger partial charge in [0.15, 0.2) is 0 Å². The molecule has 4 nitrogen and oxygen atoms in total. The third-order valence-corrected chi connectivity index (χ3v) is 5.09. The molecular formula is C15H24N2O2S. The predicted molar refractivity (Wildman–Crippen MR) is 83.7 cm³/mol. The Kier molecular flexibility index (Phi) is 5.29. The number of aliphatic hydroxyl groups is 1. The van der Waals surface area contributed by atoms with Crippen LogP contribution in [0.25, 0.3) is 0 Å². The highest BCUT2D eigenvalue weighted by molar-refractivity contribution is 7.99. The first-order valence-electron chi connectivity index (χ1n) is 6.99. The molecule has 5 heteroatoms. The molecule has 0 amide bonds. The van der Waals surface area contributed by atoms with Crippen LogP contribution in [0.5, 0.6) is 5.75 Å². The summed E-state index contributed by atoms with van der Waals surface area (Å²) in [5, 5.41) is 10.5. The van der Waals surface area contributed by atoms with E-state index < -0.39 is 0 Å². The van der Waals surface area contributed by atoms with E-state index in [1.165, 1.54) is 0 Å². The largest absolute Gasteiger partial charge is 0.496 e. The molecule has 0 spiro atoms. The average Bonchev–Trinajstić information content (AvgIpc) is 2.43. The van der Waals surface area contributed by atoms with Gasteiger partial charge in [-0.25, -0.2) is 0 Å². The van der Waals surface area contributed by atoms with E-state index in [0.717, 1.165) is 40.6 Å². The smallest absolute Gasteiger partial charge is 0.128 e. The lowest BCUT2D eigenvalue weighted by Gasteiger charge is -2.35. The van der Waals surface area contributed by atoms with Gasteiger partial charge in [0.25, 0.3) is 0 Å². The predicted octanol–water partition coefficient (Wildman–Crippen LogP) is 1.66. The Morgan fingerprint density at radius 2 is 2.30 bits per heavy atom. The van der Waals surface area contributed by atoms with Crippen molar-refractivity contribution in [3.8, 4) is 5.75 Å². The van der Waals surface area contributed by atoms with E-state index in [-0.39, 0.29) is 12.1 Å². The van der Waals surface area contributed by atoms with Gasteiger partial charge in [0.05, 0.1) is 13.2 Å². The average molecular weight is 296 g/mol. The van der Waals surface area contributed by atoms with Gasteiger partial charge in [-0.15, -0.1) is 0 Å². The van der Waals surface area contributed by atoms with Crippen LogP contribution in [0.2, 0.25) is 0 Å². The number of aromatic nitrogens is 1. The Hall–Kier alpha value is -0.780. The van der Waals surface area contributed by atoms with Crippen molar-refractivity contribution >= 4 is 11.8 Å². The number of likely N-dealkylation sites (N-methyl/N-ethyl adjacent to an activating group) is 1. The van der Waals surface area contributed by atoms with Gasteiger partial charge in [-0.05, 0) is 20.9 Å². The van der Waals surface area contributed by atoms with Crippen LogP contribution in [0.15, 0.2) is 6.20 Å². The molecule has 20 heavy (non-hydrogen) atoms. The second kappa shape index (κ2) is 6.78. The number of hydrogen-bond acceptors (Lipinski definition) is 5. The SMILES string of the molecule is COc1c(C)cnc(CC(O)C2CSCCN2C)c1C. The molecule has 2 unspecified atom stereocenters. The monoisotopic (exact) mass is 296 g/mol. The summed E-state index contributed by atoms with van der Waals surface area (Å²) >= 11 is 1.91. The van der Waals surface area contributed by atoms with Crippen LogP contribution < -0.4 is 4.74 Å². The summed E-state index contributed by atoms with van der Waals surface area (Å²) in [4.78, 5) is 6.73. The first-order chi connectivity index (χ1) is 9.54. The molecule has 1 aromatic rings. The molecule has 1 fully saturated rings. The molecule has 1 aliphatic heterocycles. The van der Waals surface area contributed by atoms with Crippen molar-refractivity contribution in [1.82, 2.24) is 9.88 Å². The number of thioether (sulfide) groups is 1. The Morgan fingerprint density at radius 3 is 2.95 bits per heavy atom. The first-order valence-corrected chi connectivity index (χ1v) is 8.15. The summed E-state index contributed by atoms with van der Waals surface area (Å²) in [5.41, 5.74) is 3.01. The van der Waals surface area contributed by atoms with Crippen LogP contribution in [0.1, 0.15) is 16.8 Å². The van der Waals surface area contributed by atoms with E-state index in [0.29, 0.717) is 6.42 Å². The van der Waals surface area contributed by atoms with Gasteiger partial charge in [-0.3, -0.25) is 9.88 Å². The topological polar surface area (TPSA) is 45.6 Å². The first kappa shape index (κ1) is 15.6. The highest BCUT2D eigenvalue weighted by Crippen LogP contribution is 2.26. The normalized spacial score (nSPS) is 21.8. The summed E-state index contributed by atoms with van der Waals surface area (Å²) in [7, 11) is 3.77. The number of rotatable bonds is 4. The highest BCUT2D eigenvalue weighted by atomic mass is 32.2. The van der Waals surface area contributed by atoms with Crippen molar-refractivity contribution in [1.29, 1.82) is 0 Å². The van der Waals surface area contributed by atoms with Crippen LogP contribution in [-0.4, -0.2) is 59.3 Å². The van der Waals surface area contributed by atoms with Gasteiger partial charge in [-0.1, -0.05) is 0 Å². The van der Waals surface area contributed by atoms with Crippen molar-refractivity contribution in [2.24, 2.45) is 0 Å². The van der Waals surface area contributed by atoms with E-state index in [2.05, 4.69) is 16.9 Å². The zero-order valence-corrected chi connectivity index (χ0v) is 13.5.